The second kappa shape index (κ2) is 16.3. The van der Waals surface area contributed by atoms with Crippen LogP contribution in [0.25, 0.3) is 10.8 Å². The summed E-state index contributed by atoms with van der Waals surface area (Å²) in [5, 5.41) is 55.5. The number of anilines is 5. The minimum atomic E-state index is -4.93. The Kier molecular flexibility index (Phi) is 12.4. The summed E-state index contributed by atoms with van der Waals surface area (Å²) >= 11 is 0.600. The third-order valence-electron chi connectivity index (χ3n) is 6.28. The van der Waals surface area contributed by atoms with Crippen LogP contribution in [-0.4, -0.2) is 100 Å². The van der Waals surface area contributed by atoms with Gasteiger partial charge in [0.15, 0.2) is 0 Å². The van der Waals surface area contributed by atoms with E-state index in [4.69, 9.17) is 15.5 Å². The van der Waals surface area contributed by atoms with Crippen LogP contribution in [0.2, 0.25) is 0 Å². The van der Waals surface area contributed by atoms with E-state index in [0.29, 0.717) is 22.3 Å². The Balaban J connectivity index is 1.71. The van der Waals surface area contributed by atoms with E-state index in [9.17, 15) is 36.7 Å². The molecular formula is C25H29N9O12S3. The van der Waals surface area contributed by atoms with Gasteiger partial charge in [0.2, 0.25) is 17.8 Å². The number of aliphatic hydroxyl groups is 2. The summed E-state index contributed by atoms with van der Waals surface area (Å²) in [6.07, 6.45) is 0. The van der Waals surface area contributed by atoms with Gasteiger partial charge in [-0.25, -0.2) is 5.26 Å². The van der Waals surface area contributed by atoms with E-state index < -0.39 is 30.9 Å². The number of phenols is 1. The van der Waals surface area contributed by atoms with Gasteiger partial charge in [-0.2, -0.15) is 31.8 Å². The van der Waals surface area contributed by atoms with Crippen LogP contribution in [0.5, 0.6) is 5.75 Å². The van der Waals surface area contributed by atoms with Crippen molar-refractivity contribution in [2.75, 3.05) is 59.9 Å². The van der Waals surface area contributed by atoms with Crippen molar-refractivity contribution in [1.29, 1.82) is 0 Å². The fourth-order valence-corrected chi connectivity index (χ4v) is 5.68. The van der Waals surface area contributed by atoms with E-state index in [0.717, 1.165) is 6.07 Å². The molecule has 0 saturated carbocycles. The quantitative estimate of drug-likeness (QED) is 0.0187. The molecule has 264 valence electrons. The van der Waals surface area contributed by atoms with Crippen molar-refractivity contribution in [3.63, 3.8) is 0 Å². The van der Waals surface area contributed by atoms with Crippen molar-refractivity contribution in [3.8, 4) is 5.75 Å². The maximum atomic E-state index is 12.4. The number of nitrogens with one attached hydrogen (secondary N) is 2. The molecule has 1 heterocycles. The van der Waals surface area contributed by atoms with Crippen LogP contribution in [0.1, 0.15) is 0 Å². The highest BCUT2D eigenvalue weighted by molar-refractivity contribution is 7.94. The summed E-state index contributed by atoms with van der Waals surface area (Å²) in [6, 6.07) is 9.37. The van der Waals surface area contributed by atoms with E-state index >= 15 is 0 Å². The molecule has 4 aromatic rings. The third kappa shape index (κ3) is 10.2. The number of hydrogen-bond acceptors (Lipinski definition) is 20. The average molecular weight is 744 g/mol. The lowest BCUT2D eigenvalue weighted by atomic mass is 10.1. The summed E-state index contributed by atoms with van der Waals surface area (Å²) in [5.74, 6) is -1.43. The van der Waals surface area contributed by atoms with Crippen molar-refractivity contribution in [2.24, 2.45) is 10.2 Å². The molecule has 0 aliphatic rings. The average Bonchev–Trinajstić information content (AvgIpc) is 3.02. The van der Waals surface area contributed by atoms with E-state index in [2.05, 4.69) is 45.2 Å². The van der Waals surface area contributed by atoms with Gasteiger partial charge in [0.25, 0.3) is 20.2 Å². The Morgan fingerprint density at radius 1 is 0.939 bits per heavy atom. The smallest absolute Gasteiger partial charge is 0.296 e. The maximum absolute atomic E-state index is 12.4. The molecule has 3 aromatic carbocycles. The second-order valence-electron chi connectivity index (χ2n) is 9.68. The van der Waals surface area contributed by atoms with Crippen LogP contribution in [0.3, 0.4) is 0 Å². The summed E-state index contributed by atoms with van der Waals surface area (Å²) < 4.78 is 70.6. The fourth-order valence-electron chi connectivity index (χ4n) is 4.22. The van der Waals surface area contributed by atoms with Crippen molar-refractivity contribution in [2.45, 2.75) is 9.79 Å². The SMILES string of the molecule is Nc1ccc2cc(SOOO)cc(O)c2c1N=Nc1ccc(Nc2nc(NCCS(=O)(=O)O)nc(N(CCO)CCO)n2)cc1S(=O)(=O)O. The number of azo groups is 1. The molecule has 24 heteroatoms. The molecule has 0 radical (unpaired) electrons. The molecule has 4 rings (SSSR count). The first-order valence-corrected chi connectivity index (χ1v) is 17.4. The topological polar surface area (TPSA) is 325 Å². The predicted octanol–water partition coefficient (Wildman–Crippen LogP) is 2.24. The number of nitrogen functional groups attached to an aromatic ring is 1. The number of fused-ring (bicyclic) bond motifs is 1. The van der Waals surface area contributed by atoms with Gasteiger partial charge in [0.1, 0.15) is 22.0 Å². The van der Waals surface area contributed by atoms with Gasteiger partial charge in [-0.05, 0) is 41.8 Å². The Labute approximate surface area is 282 Å². The molecule has 0 bridgehead atoms. The zero-order valence-electron chi connectivity index (χ0n) is 24.9. The normalized spacial score (nSPS) is 12.1. The minimum absolute atomic E-state index is 0.00666. The number of benzene rings is 3. The van der Waals surface area contributed by atoms with E-state index in [1.165, 1.54) is 29.2 Å². The van der Waals surface area contributed by atoms with Gasteiger partial charge in [0, 0.05) is 30.2 Å². The lowest BCUT2D eigenvalue weighted by molar-refractivity contribution is -0.432. The fraction of sp³-hybridized carbons (Fsp3) is 0.240. The molecule has 1 aromatic heterocycles. The van der Waals surface area contributed by atoms with Crippen molar-refractivity contribution in [3.05, 3.63) is 42.5 Å². The Morgan fingerprint density at radius 3 is 2.31 bits per heavy atom. The summed E-state index contributed by atoms with van der Waals surface area (Å²) in [7, 11) is -9.25. The second-order valence-corrected chi connectivity index (χ2v) is 13.4. The first kappa shape index (κ1) is 37.3. The van der Waals surface area contributed by atoms with Gasteiger partial charge in [-0.15, -0.1) is 14.6 Å². The first-order valence-electron chi connectivity index (χ1n) is 13.6. The van der Waals surface area contributed by atoms with Gasteiger partial charge in [-0.1, -0.05) is 11.1 Å². The highest BCUT2D eigenvalue weighted by Gasteiger charge is 2.20. The Bertz CT molecular complexity index is 2050. The van der Waals surface area contributed by atoms with E-state index in [-0.39, 0.29) is 84.6 Å². The molecule has 0 saturated heterocycles. The molecule has 0 atom stereocenters. The standard InChI is InChI=1S/C25H29N9O12S3/c26-17-3-1-14-11-16(47-46-45-38)13-19(37)21(14)22(17)33-32-18-4-2-15(12-20(18)49(42,43)44)28-24-29-23(27-5-10-48(39,40)41)30-25(31-24)34(6-8-35)7-9-36/h1-4,11-13,35-38H,5-10,26H2,(H,39,40,41)(H,42,43,44)(H2,27,28,29,30,31). The van der Waals surface area contributed by atoms with Gasteiger partial charge in [-0.3, -0.25) is 9.11 Å². The number of aromatic hydroxyl groups is 1. The monoisotopic (exact) mass is 743 g/mol. The van der Waals surface area contributed by atoms with Crippen LogP contribution < -0.4 is 21.3 Å². The van der Waals surface area contributed by atoms with Gasteiger partial charge >= 0.3 is 0 Å². The van der Waals surface area contributed by atoms with E-state index in [1.807, 2.05) is 0 Å². The van der Waals surface area contributed by atoms with Crippen LogP contribution in [0, 0.1) is 0 Å². The van der Waals surface area contributed by atoms with Crippen LogP contribution in [0.4, 0.5) is 40.6 Å². The zero-order valence-corrected chi connectivity index (χ0v) is 27.4. The van der Waals surface area contributed by atoms with Gasteiger partial charge < -0.3 is 36.6 Å². The lowest BCUT2D eigenvalue weighted by Crippen LogP contribution is -2.32. The number of aromatic nitrogens is 3. The molecule has 0 amide bonds. The predicted molar refractivity (Wildman–Crippen MR) is 176 cm³/mol. The highest BCUT2D eigenvalue weighted by atomic mass is 32.2. The molecule has 49 heavy (non-hydrogen) atoms. The number of nitrogens with zero attached hydrogens (tertiary/aromatic N) is 6. The molecule has 0 aliphatic heterocycles. The van der Waals surface area contributed by atoms with Crippen molar-refractivity contribution >= 4 is 83.6 Å². The summed E-state index contributed by atoms with van der Waals surface area (Å²) in [6.45, 7) is -0.999. The third-order valence-corrected chi connectivity index (χ3v) is 8.44. The molecule has 0 unspecified atom stereocenters. The van der Waals surface area contributed by atoms with Crippen LogP contribution in [-0.2, 0) is 29.6 Å². The molecule has 21 nitrogen and oxygen atoms in total. The van der Waals surface area contributed by atoms with Crippen molar-refractivity contribution in [1.82, 2.24) is 15.0 Å². The molecule has 10 N–H and O–H groups in total. The Morgan fingerprint density at radius 2 is 1.65 bits per heavy atom. The maximum Gasteiger partial charge on any atom is 0.296 e. The number of phenolic OH excluding ortho intramolecular Hbond substituents is 1. The molecule has 0 fully saturated rings. The largest absolute Gasteiger partial charge is 0.507 e. The van der Waals surface area contributed by atoms with Gasteiger partial charge in [0.05, 0.1) is 42.1 Å². The zero-order chi connectivity index (χ0) is 35.8. The Hall–Kier alpha value is -4.50. The molecule has 0 aliphatic carbocycles. The molecular weight excluding hydrogens is 715 g/mol. The highest BCUT2D eigenvalue weighted by Crippen LogP contribution is 2.42. The van der Waals surface area contributed by atoms with Crippen LogP contribution in [0.15, 0.2) is 62.5 Å². The first-order chi connectivity index (χ1) is 23.2. The number of hydrogen-bond donors (Lipinski definition) is 9. The summed E-state index contributed by atoms with van der Waals surface area (Å²) in [5.41, 5.74) is 5.81. The van der Waals surface area contributed by atoms with Crippen molar-refractivity contribution < 1.29 is 55.9 Å². The van der Waals surface area contributed by atoms with E-state index in [1.54, 1.807) is 12.1 Å². The summed E-state index contributed by atoms with van der Waals surface area (Å²) in [4.78, 5) is 13.5. The number of aliphatic hydroxyl groups excluding tert-OH is 2. The number of rotatable bonds is 17. The van der Waals surface area contributed by atoms with Crippen LogP contribution >= 0.6 is 12.0 Å². The lowest BCUT2D eigenvalue weighted by Gasteiger charge is -2.21. The molecule has 0 spiro atoms. The minimum Gasteiger partial charge on any atom is -0.507 e. The number of nitrogens with two attached hydrogens (primary N) is 1.